The molecule has 0 bridgehead atoms. The van der Waals surface area contributed by atoms with E-state index in [2.05, 4.69) is 71.5 Å². The van der Waals surface area contributed by atoms with E-state index in [4.69, 9.17) is 0 Å². The lowest BCUT2D eigenvalue weighted by molar-refractivity contribution is 0.213. The van der Waals surface area contributed by atoms with Crippen molar-refractivity contribution in [1.82, 2.24) is 17.5 Å². The van der Waals surface area contributed by atoms with Crippen LogP contribution in [0.25, 0.3) is 0 Å². The normalized spacial score (nSPS) is 13.0. The Morgan fingerprint density at radius 3 is 2.76 bits per heavy atom. The lowest BCUT2D eigenvalue weighted by Gasteiger charge is -2.10. The number of nitrogens with zero attached hydrogens (tertiary/aromatic N) is 4. The molecule has 1 N–H and O–H groups in total. The molecule has 0 fully saturated rings. The van der Waals surface area contributed by atoms with Gasteiger partial charge in [-0.05, 0) is 45.4 Å². The first-order chi connectivity index (χ1) is 8.06. The highest BCUT2D eigenvalue weighted by Gasteiger charge is 2.23. The quantitative estimate of drug-likeness (QED) is 0.631. The van der Waals surface area contributed by atoms with Gasteiger partial charge >= 0.3 is 0 Å². The van der Waals surface area contributed by atoms with E-state index in [1.54, 1.807) is 20.0 Å². The van der Waals surface area contributed by atoms with Crippen molar-refractivity contribution in [1.29, 1.82) is 0 Å². The predicted molar refractivity (Wildman–Crippen MR) is 84.0 cm³/mol. The van der Waals surface area contributed by atoms with Crippen LogP contribution in [0.5, 0.6) is 0 Å². The topological polar surface area (TPSA) is 55.9 Å². The summed E-state index contributed by atoms with van der Waals surface area (Å²) in [6, 6.07) is 0. The van der Waals surface area contributed by atoms with Crippen LogP contribution in [0, 0.1) is 3.70 Å². The van der Waals surface area contributed by atoms with Gasteiger partial charge in [-0.3, -0.25) is 7.46 Å². The summed E-state index contributed by atoms with van der Waals surface area (Å²) in [6.45, 7) is 2.76. The molecule has 5 nitrogen and oxygen atoms in total. The summed E-state index contributed by atoms with van der Waals surface area (Å²) in [5.74, 6) is 0. The van der Waals surface area contributed by atoms with Crippen LogP contribution in [0.1, 0.15) is 24.3 Å². The predicted octanol–water partition coefficient (Wildman–Crippen LogP) is 2.75. The fourth-order valence-corrected chi connectivity index (χ4v) is 3.90. The van der Waals surface area contributed by atoms with Gasteiger partial charge in [0.15, 0.2) is 0 Å². The summed E-state index contributed by atoms with van der Waals surface area (Å²) in [5, 5.41) is 14.6. The van der Waals surface area contributed by atoms with Gasteiger partial charge in [0.1, 0.15) is 20.7 Å². The van der Waals surface area contributed by atoms with E-state index in [-0.39, 0.29) is 0 Å². The Hall–Kier alpha value is 0.320. The third kappa shape index (κ3) is 2.54. The van der Waals surface area contributed by atoms with Crippen LogP contribution >= 0.6 is 61.4 Å². The third-order valence-corrected chi connectivity index (χ3v) is 4.84. The van der Waals surface area contributed by atoms with Crippen molar-refractivity contribution in [3.05, 3.63) is 32.1 Å². The zero-order valence-corrected chi connectivity index (χ0v) is 14.7. The Morgan fingerprint density at radius 2 is 2.29 bits per heavy atom. The Kier molecular flexibility index (Phi) is 4.47. The molecule has 0 aliphatic heterocycles. The first-order valence-corrected chi connectivity index (χ1v) is 7.68. The van der Waals surface area contributed by atoms with Crippen LogP contribution in [-0.2, 0) is 6.54 Å². The molecular weight excluding hydrogens is 514 g/mol. The Balaban J connectivity index is 2.44. The highest BCUT2D eigenvalue weighted by atomic mass is 127. The van der Waals surface area contributed by atoms with Crippen molar-refractivity contribution < 1.29 is 5.11 Å². The molecule has 0 spiro atoms. The molecule has 1 atom stereocenters. The van der Waals surface area contributed by atoms with Gasteiger partial charge < -0.3 is 5.11 Å². The maximum atomic E-state index is 10.4. The molecule has 17 heavy (non-hydrogen) atoms. The monoisotopic (exact) mass is 522 g/mol. The highest BCUT2D eigenvalue weighted by molar-refractivity contribution is 14.1. The van der Waals surface area contributed by atoms with E-state index in [9.17, 15) is 5.11 Å². The second-order valence-corrected chi connectivity index (χ2v) is 6.15. The Labute approximate surface area is 134 Å². The van der Waals surface area contributed by atoms with Gasteiger partial charge in [0.05, 0.1) is 34.8 Å². The van der Waals surface area contributed by atoms with E-state index in [1.807, 2.05) is 6.92 Å². The summed E-state index contributed by atoms with van der Waals surface area (Å²) in [4.78, 5) is 4.16. The minimum absolute atomic E-state index is 0.726. The fraction of sp³-hybridized carbons (Fsp3) is 0.333. The summed E-state index contributed by atoms with van der Waals surface area (Å²) < 4.78 is 5.18. The molecule has 0 aromatic carbocycles. The van der Waals surface area contributed by atoms with Crippen LogP contribution in [-0.4, -0.2) is 22.7 Å². The van der Waals surface area contributed by atoms with Crippen molar-refractivity contribution in [2.75, 3.05) is 0 Å². The van der Waals surface area contributed by atoms with Gasteiger partial charge in [-0.2, -0.15) is 5.10 Å². The Morgan fingerprint density at radius 1 is 1.59 bits per heavy atom. The van der Waals surface area contributed by atoms with Crippen molar-refractivity contribution in [3.8, 4) is 0 Å². The van der Waals surface area contributed by atoms with E-state index < -0.39 is 6.10 Å². The number of imidazole rings is 1. The molecule has 92 valence electrons. The molecular formula is C9H9BrI2N4O. The highest BCUT2D eigenvalue weighted by Crippen LogP contribution is 2.31. The van der Waals surface area contributed by atoms with E-state index in [0.717, 1.165) is 26.1 Å². The molecule has 0 saturated carbocycles. The fourth-order valence-electron chi connectivity index (χ4n) is 1.48. The minimum atomic E-state index is -0.726. The number of aromatic nitrogens is 4. The van der Waals surface area contributed by atoms with Gasteiger partial charge in [0.2, 0.25) is 0 Å². The maximum absolute atomic E-state index is 10.4. The smallest absolute Gasteiger partial charge is 0.127 e. The first-order valence-electron chi connectivity index (χ1n) is 4.84. The molecule has 0 radical (unpaired) electrons. The largest absolute Gasteiger partial charge is 0.382 e. The van der Waals surface area contributed by atoms with Gasteiger partial charge in [-0.25, -0.2) is 4.98 Å². The molecule has 1 unspecified atom stereocenters. The lowest BCUT2D eigenvalue weighted by Crippen LogP contribution is -2.05. The number of aryl methyl sites for hydroxylation is 1. The van der Waals surface area contributed by atoms with Gasteiger partial charge in [-0.1, -0.05) is 0 Å². The molecule has 2 rings (SSSR count). The van der Waals surface area contributed by atoms with Crippen LogP contribution in [0.15, 0.2) is 17.1 Å². The third-order valence-electron chi connectivity index (χ3n) is 2.37. The SMILES string of the molecule is CCn1ncc(C(O)c2c(I)ncn2I)c1Br. The van der Waals surface area contributed by atoms with Crippen LogP contribution in [0.2, 0.25) is 0 Å². The number of hydrogen-bond donors (Lipinski definition) is 1. The zero-order chi connectivity index (χ0) is 12.6. The summed E-state index contributed by atoms with van der Waals surface area (Å²) in [5.41, 5.74) is 1.52. The number of aliphatic hydroxyl groups is 1. The van der Waals surface area contributed by atoms with E-state index in [1.165, 1.54) is 0 Å². The maximum Gasteiger partial charge on any atom is 0.127 e. The average Bonchev–Trinajstić information content (AvgIpc) is 2.82. The van der Waals surface area contributed by atoms with Crippen molar-refractivity contribution in [3.63, 3.8) is 0 Å². The number of halogens is 3. The summed E-state index contributed by atoms with van der Waals surface area (Å²) in [6.07, 6.45) is 2.63. The summed E-state index contributed by atoms with van der Waals surface area (Å²) >= 11 is 7.66. The number of rotatable bonds is 3. The van der Waals surface area contributed by atoms with E-state index >= 15 is 0 Å². The zero-order valence-electron chi connectivity index (χ0n) is 8.81. The summed E-state index contributed by atoms with van der Waals surface area (Å²) in [7, 11) is 0. The molecule has 2 heterocycles. The number of aliphatic hydroxyl groups excluding tert-OH is 1. The molecule has 0 aliphatic carbocycles. The van der Waals surface area contributed by atoms with Gasteiger partial charge in [0, 0.05) is 12.1 Å². The van der Waals surface area contributed by atoms with Crippen molar-refractivity contribution >= 4 is 61.4 Å². The van der Waals surface area contributed by atoms with Gasteiger partial charge in [0.25, 0.3) is 0 Å². The standard InChI is InChI=1S/C9H9BrI2N4O/c1-2-16-8(10)5(3-14-16)7(17)6-9(11)13-4-15(6)12/h3-4,7,17H,2H2,1H3. The average molecular weight is 523 g/mol. The van der Waals surface area contributed by atoms with Crippen molar-refractivity contribution in [2.24, 2.45) is 0 Å². The molecule has 2 aromatic heterocycles. The molecule has 2 aromatic rings. The van der Waals surface area contributed by atoms with Crippen LogP contribution < -0.4 is 0 Å². The number of hydrogen-bond acceptors (Lipinski definition) is 3. The lowest BCUT2D eigenvalue weighted by atomic mass is 10.1. The Bertz CT molecular complexity index is 520. The molecule has 0 saturated heterocycles. The van der Waals surface area contributed by atoms with E-state index in [0.29, 0.717) is 0 Å². The van der Waals surface area contributed by atoms with Crippen LogP contribution in [0.3, 0.4) is 0 Å². The van der Waals surface area contributed by atoms with Crippen molar-refractivity contribution in [2.45, 2.75) is 19.6 Å². The second-order valence-electron chi connectivity index (χ2n) is 3.34. The molecule has 0 amide bonds. The van der Waals surface area contributed by atoms with Gasteiger partial charge in [-0.15, -0.1) is 0 Å². The molecule has 0 aliphatic rings. The minimum Gasteiger partial charge on any atom is -0.382 e. The van der Waals surface area contributed by atoms with Crippen LogP contribution in [0.4, 0.5) is 0 Å². The molecule has 8 heteroatoms. The second kappa shape index (κ2) is 5.53. The first kappa shape index (κ1) is 13.7.